The Morgan fingerprint density at radius 1 is 1.38 bits per heavy atom. The molecule has 1 aliphatic heterocycles. The van der Waals surface area contributed by atoms with Gasteiger partial charge in [-0.25, -0.2) is 0 Å². The largest absolute Gasteiger partial charge is 0.328 e. The number of rotatable bonds is 3. The molecule has 0 radical (unpaired) electrons. The summed E-state index contributed by atoms with van der Waals surface area (Å²) < 4.78 is 0. The van der Waals surface area contributed by atoms with Crippen LogP contribution in [0.4, 0.5) is 0 Å². The van der Waals surface area contributed by atoms with Gasteiger partial charge in [-0.1, -0.05) is 6.92 Å². The van der Waals surface area contributed by atoms with Crippen molar-refractivity contribution in [3.63, 3.8) is 0 Å². The van der Waals surface area contributed by atoms with Gasteiger partial charge in [-0.15, -0.1) is 0 Å². The molecule has 1 rings (SSSR count). The summed E-state index contributed by atoms with van der Waals surface area (Å²) in [7, 11) is 0. The number of nitrogens with two attached hydrogens (primary N) is 1. The second-order valence-electron chi connectivity index (χ2n) is 4.44. The van der Waals surface area contributed by atoms with E-state index in [-0.39, 0.29) is 0 Å². The highest BCUT2D eigenvalue weighted by Crippen LogP contribution is 2.21. The van der Waals surface area contributed by atoms with Crippen molar-refractivity contribution in [2.75, 3.05) is 19.6 Å². The Labute approximate surface area is 82.5 Å². The Morgan fingerprint density at radius 2 is 2.15 bits per heavy atom. The molecule has 0 aromatic rings. The number of hydrogen-bond acceptors (Lipinski definition) is 2. The van der Waals surface area contributed by atoms with Crippen molar-refractivity contribution >= 4 is 0 Å². The quantitative estimate of drug-likeness (QED) is 0.725. The van der Waals surface area contributed by atoms with Crippen LogP contribution in [0, 0.1) is 5.92 Å². The molecular weight excluding hydrogens is 160 g/mol. The van der Waals surface area contributed by atoms with Gasteiger partial charge in [0.25, 0.3) is 0 Å². The molecule has 0 aromatic carbocycles. The fourth-order valence-electron chi connectivity index (χ4n) is 2.30. The molecule has 1 saturated heterocycles. The first-order valence-corrected chi connectivity index (χ1v) is 5.70. The van der Waals surface area contributed by atoms with E-state index in [9.17, 15) is 0 Å². The van der Waals surface area contributed by atoms with Crippen LogP contribution in [0.1, 0.15) is 39.5 Å². The summed E-state index contributed by atoms with van der Waals surface area (Å²) in [4.78, 5) is 2.56. The molecule has 0 bridgehead atoms. The van der Waals surface area contributed by atoms with E-state index in [0.717, 1.165) is 5.92 Å². The molecular formula is C11H24N2. The summed E-state index contributed by atoms with van der Waals surface area (Å²) in [6.07, 6.45) is 5.33. The zero-order valence-corrected chi connectivity index (χ0v) is 9.13. The maximum atomic E-state index is 5.83. The van der Waals surface area contributed by atoms with Gasteiger partial charge in [0.05, 0.1) is 0 Å². The van der Waals surface area contributed by atoms with E-state index < -0.39 is 0 Å². The van der Waals surface area contributed by atoms with Crippen LogP contribution in [-0.4, -0.2) is 30.6 Å². The van der Waals surface area contributed by atoms with Crippen molar-refractivity contribution in [1.82, 2.24) is 4.90 Å². The molecule has 2 heteroatoms. The molecule has 1 heterocycles. The minimum absolute atomic E-state index is 0.387. The van der Waals surface area contributed by atoms with Crippen molar-refractivity contribution < 1.29 is 0 Å². The fraction of sp³-hybridized carbons (Fsp3) is 1.00. The van der Waals surface area contributed by atoms with Crippen molar-refractivity contribution in [1.29, 1.82) is 0 Å². The molecule has 2 nitrogen and oxygen atoms in total. The molecule has 0 saturated carbocycles. The zero-order chi connectivity index (χ0) is 9.68. The second kappa shape index (κ2) is 5.61. The van der Waals surface area contributed by atoms with E-state index in [1.807, 2.05) is 0 Å². The van der Waals surface area contributed by atoms with Gasteiger partial charge in [0.2, 0.25) is 0 Å². The Hall–Kier alpha value is -0.0800. The van der Waals surface area contributed by atoms with Gasteiger partial charge in [-0.3, -0.25) is 0 Å². The van der Waals surface area contributed by atoms with E-state index in [4.69, 9.17) is 5.73 Å². The lowest BCUT2D eigenvalue weighted by Crippen LogP contribution is -2.25. The molecule has 0 aliphatic carbocycles. The summed E-state index contributed by atoms with van der Waals surface area (Å²) in [6.45, 7) is 8.18. The van der Waals surface area contributed by atoms with Crippen LogP contribution < -0.4 is 5.73 Å². The maximum Gasteiger partial charge on any atom is 0.00131 e. The maximum absolute atomic E-state index is 5.83. The Morgan fingerprint density at radius 3 is 2.77 bits per heavy atom. The van der Waals surface area contributed by atoms with Crippen molar-refractivity contribution in [3.05, 3.63) is 0 Å². The number of likely N-dealkylation sites (tertiary alicyclic amines) is 1. The van der Waals surface area contributed by atoms with Gasteiger partial charge in [0, 0.05) is 6.04 Å². The second-order valence-corrected chi connectivity index (χ2v) is 4.44. The van der Waals surface area contributed by atoms with Crippen molar-refractivity contribution in [2.24, 2.45) is 11.7 Å². The average molecular weight is 184 g/mol. The zero-order valence-electron chi connectivity index (χ0n) is 9.13. The molecule has 2 atom stereocenters. The van der Waals surface area contributed by atoms with Gasteiger partial charge >= 0.3 is 0 Å². The van der Waals surface area contributed by atoms with E-state index >= 15 is 0 Å². The third kappa shape index (κ3) is 4.10. The van der Waals surface area contributed by atoms with Gasteiger partial charge in [0.15, 0.2) is 0 Å². The number of nitrogens with zero attached hydrogens (tertiary/aromatic N) is 1. The first-order chi connectivity index (χ1) is 6.22. The SMILES string of the molecule is CCN1CCCC(CC(C)N)CC1. The summed E-state index contributed by atoms with van der Waals surface area (Å²) in [5.41, 5.74) is 5.83. The normalized spacial score (nSPS) is 28.4. The van der Waals surface area contributed by atoms with Crippen LogP contribution in [0.15, 0.2) is 0 Å². The molecule has 0 amide bonds. The van der Waals surface area contributed by atoms with Crippen LogP contribution in [0.3, 0.4) is 0 Å². The van der Waals surface area contributed by atoms with Crippen molar-refractivity contribution in [3.8, 4) is 0 Å². The highest BCUT2D eigenvalue weighted by Gasteiger charge is 2.16. The Balaban J connectivity index is 2.27. The van der Waals surface area contributed by atoms with E-state index in [1.165, 1.54) is 45.3 Å². The van der Waals surface area contributed by atoms with Gasteiger partial charge in [-0.2, -0.15) is 0 Å². The molecule has 2 N–H and O–H groups in total. The Bertz CT molecular complexity index is 134. The smallest absolute Gasteiger partial charge is 0.00131 e. The van der Waals surface area contributed by atoms with E-state index in [1.54, 1.807) is 0 Å². The van der Waals surface area contributed by atoms with Gasteiger partial charge < -0.3 is 10.6 Å². The molecule has 13 heavy (non-hydrogen) atoms. The minimum Gasteiger partial charge on any atom is -0.328 e. The third-order valence-electron chi connectivity index (χ3n) is 3.09. The molecule has 0 aromatic heterocycles. The van der Waals surface area contributed by atoms with Crippen LogP contribution in [-0.2, 0) is 0 Å². The lowest BCUT2D eigenvalue weighted by molar-refractivity contribution is 0.293. The highest BCUT2D eigenvalue weighted by atomic mass is 15.1. The average Bonchev–Trinajstić information content (AvgIpc) is 2.29. The van der Waals surface area contributed by atoms with Crippen LogP contribution >= 0.6 is 0 Å². The van der Waals surface area contributed by atoms with Crippen molar-refractivity contribution in [2.45, 2.75) is 45.6 Å². The first kappa shape index (κ1) is 11.0. The van der Waals surface area contributed by atoms with Gasteiger partial charge in [0.1, 0.15) is 0 Å². The van der Waals surface area contributed by atoms with Gasteiger partial charge in [-0.05, 0) is 58.2 Å². The lowest BCUT2D eigenvalue weighted by atomic mass is 9.94. The standard InChI is InChI=1S/C11H24N2/c1-3-13-7-4-5-11(6-8-13)9-10(2)12/h10-11H,3-9,12H2,1-2H3. The predicted octanol–water partition coefficient (Wildman–Crippen LogP) is 1.85. The minimum atomic E-state index is 0.387. The molecule has 2 unspecified atom stereocenters. The molecule has 78 valence electrons. The topological polar surface area (TPSA) is 29.3 Å². The lowest BCUT2D eigenvalue weighted by Gasteiger charge is -2.18. The van der Waals surface area contributed by atoms with E-state index in [0.29, 0.717) is 6.04 Å². The summed E-state index contributed by atoms with van der Waals surface area (Å²) in [5, 5.41) is 0. The Kier molecular flexibility index (Phi) is 4.74. The van der Waals surface area contributed by atoms with E-state index in [2.05, 4.69) is 18.7 Å². The molecule has 1 fully saturated rings. The van der Waals surface area contributed by atoms with Crippen LogP contribution in [0.2, 0.25) is 0 Å². The monoisotopic (exact) mass is 184 g/mol. The van der Waals surface area contributed by atoms with Crippen LogP contribution in [0.5, 0.6) is 0 Å². The number of hydrogen-bond donors (Lipinski definition) is 1. The predicted molar refractivity (Wildman–Crippen MR) is 57.7 cm³/mol. The highest BCUT2D eigenvalue weighted by molar-refractivity contribution is 4.71. The molecule has 1 aliphatic rings. The summed E-state index contributed by atoms with van der Waals surface area (Å²) in [6, 6.07) is 0.387. The summed E-state index contributed by atoms with van der Waals surface area (Å²) in [5.74, 6) is 0.886. The third-order valence-corrected chi connectivity index (χ3v) is 3.09. The molecule has 0 spiro atoms. The first-order valence-electron chi connectivity index (χ1n) is 5.70. The van der Waals surface area contributed by atoms with Crippen LogP contribution in [0.25, 0.3) is 0 Å². The summed E-state index contributed by atoms with van der Waals surface area (Å²) >= 11 is 0. The fourth-order valence-corrected chi connectivity index (χ4v) is 2.30.